The Morgan fingerprint density at radius 3 is 2.46 bits per heavy atom. The number of pyridine rings is 1. The van der Waals surface area contributed by atoms with Gasteiger partial charge < -0.3 is 10.0 Å². The van der Waals surface area contributed by atoms with E-state index in [9.17, 15) is 23.1 Å². The highest BCUT2D eigenvalue weighted by molar-refractivity contribution is 7.91. The molecule has 56 heavy (non-hydrogen) atoms. The van der Waals surface area contributed by atoms with E-state index in [-0.39, 0.29) is 34.1 Å². The van der Waals surface area contributed by atoms with Crippen LogP contribution in [0.1, 0.15) is 77.9 Å². The summed E-state index contributed by atoms with van der Waals surface area (Å²) in [4.78, 5) is 40.2. The Balaban J connectivity index is 0.940. The van der Waals surface area contributed by atoms with Gasteiger partial charge in [0.25, 0.3) is 5.91 Å². The lowest BCUT2D eigenvalue weighted by atomic mass is 9.53. The number of hydrogen-bond acceptors (Lipinski definition) is 10. The second-order valence-electron chi connectivity index (χ2n) is 16.9. The van der Waals surface area contributed by atoms with Crippen molar-refractivity contribution in [3.8, 4) is 11.1 Å². The van der Waals surface area contributed by atoms with Crippen LogP contribution in [-0.2, 0) is 29.3 Å². The minimum absolute atomic E-state index is 0.00652. The monoisotopic (exact) mass is 793 g/mol. The fourth-order valence-electron chi connectivity index (χ4n) is 10.8. The standard InChI is InChI=1S/C42H47N7O5S2/c1-27-18-41(19-28(2)21-42(20-27,25-41)48-14-16-56(53,54)17-15-48)26-49-23-30(22-43-49)31-10-11-36(45-37(31)39(51)52)47-13-12-29-6-5-7-32(33(29)24-47)38(50)46-40-44-34-8-3-4-9-35(34)55-40/h3-11,22-23,27-28H,12-21,24-26H2,1-2H3,(H,51,52)(H,44,46,50). The van der Waals surface area contributed by atoms with E-state index in [2.05, 4.69) is 29.0 Å². The number of carboxylic acids is 1. The van der Waals surface area contributed by atoms with Gasteiger partial charge in [-0.25, -0.2) is 23.2 Å². The molecule has 3 fully saturated rings. The summed E-state index contributed by atoms with van der Waals surface area (Å²) in [7, 11) is -2.97. The average molecular weight is 794 g/mol. The van der Waals surface area contributed by atoms with Crippen molar-refractivity contribution in [1.29, 1.82) is 0 Å². The van der Waals surface area contributed by atoms with Crippen LogP contribution in [0.15, 0.2) is 67.0 Å². The molecule has 4 aliphatic rings. The molecule has 9 rings (SSSR count). The molecule has 292 valence electrons. The summed E-state index contributed by atoms with van der Waals surface area (Å²) in [6, 6.07) is 17.2. The van der Waals surface area contributed by atoms with Crippen LogP contribution in [-0.4, -0.2) is 86.7 Å². The second kappa shape index (κ2) is 14.1. The summed E-state index contributed by atoms with van der Waals surface area (Å²) in [6.07, 6.45) is 9.75. The van der Waals surface area contributed by atoms with Gasteiger partial charge in [0.2, 0.25) is 0 Å². The van der Waals surface area contributed by atoms with Gasteiger partial charge in [0.05, 0.1) is 27.9 Å². The number of para-hydroxylation sites is 1. The lowest BCUT2D eigenvalue weighted by molar-refractivity contribution is -0.0902. The maximum atomic E-state index is 13.6. The molecule has 2 aliphatic carbocycles. The van der Waals surface area contributed by atoms with Crippen molar-refractivity contribution in [2.75, 3.05) is 41.4 Å². The molecule has 0 spiro atoms. The molecule has 5 heterocycles. The van der Waals surface area contributed by atoms with Gasteiger partial charge in [-0.3, -0.25) is 19.7 Å². The molecular formula is C42H47N7O5S2. The quantitative estimate of drug-likeness (QED) is 0.172. The van der Waals surface area contributed by atoms with Crippen molar-refractivity contribution in [2.24, 2.45) is 17.3 Å². The molecule has 1 amide bonds. The molecule has 5 aromatic rings. The predicted octanol–water partition coefficient (Wildman–Crippen LogP) is 6.77. The van der Waals surface area contributed by atoms with E-state index in [0.29, 0.717) is 72.1 Å². The normalized spacial score (nSPS) is 26.1. The van der Waals surface area contributed by atoms with E-state index in [1.165, 1.54) is 11.3 Å². The van der Waals surface area contributed by atoms with E-state index in [1.807, 2.05) is 70.4 Å². The highest BCUT2D eigenvalue weighted by Crippen LogP contribution is 2.57. The van der Waals surface area contributed by atoms with Crippen LogP contribution >= 0.6 is 11.3 Å². The predicted molar refractivity (Wildman–Crippen MR) is 218 cm³/mol. The number of rotatable bonds is 8. The van der Waals surface area contributed by atoms with Crippen LogP contribution < -0.4 is 10.2 Å². The zero-order chi connectivity index (χ0) is 38.8. The van der Waals surface area contributed by atoms with E-state index < -0.39 is 15.8 Å². The van der Waals surface area contributed by atoms with Crippen molar-refractivity contribution < 1.29 is 23.1 Å². The highest BCUT2D eigenvalue weighted by Gasteiger charge is 2.55. The Morgan fingerprint density at radius 1 is 0.946 bits per heavy atom. The first-order valence-electron chi connectivity index (χ1n) is 19.6. The number of thiazole rings is 1. The third-order valence-corrected chi connectivity index (χ3v) is 15.2. The summed E-state index contributed by atoms with van der Waals surface area (Å²) in [5.74, 6) is 0.682. The Bertz CT molecular complexity index is 2400. The molecule has 2 atom stereocenters. The Hall–Kier alpha value is -4.66. The van der Waals surface area contributed by atoms with Gasteiger partial charge >= 0.3 is 5.97 Å². The van der Waals surface area contributed by atoms with Crippen LogP contribution in [0, 0.1) is 17.3 Å². The lowest BCUT2D eigenvalue weighted by Crippen LogP contribution is -2.63. The van der Waals surface area contributed by atoms with Crippen molar-refractivity contribution in [2.45, 2.75) is 71.0 Å². The van der Waals surface area contributed by atoms with Gasteiger partial charge in [0, 0.05) is 61.1 Å². The smallest absolute Gasteiger partial charge is 0.355 e. The number of aromatic nitrogens is 4. The molecule has 1 saturated heterocycles. The molecule has 0 radical (unpaired) electrons. The first-order chi connectivity index (χ1) is 26.9. The number of fused-ring (bicyclic) bond motifs is 4. The van der Waals surface area contributed by atoms with Crippen LogP contribution in [0.25, 0.3) is 21.3 Å². The summed E-state index contributed by atoms with van der Waals surface area (Å²) in [5, 5.41) is 18.8. The zero-order valence-electron chi connectivity index (χ0n) is 31.8. The first kappa shape index (κ1) is 36.9. The molecule has 2 N–H and O–H groups in total. The third-order valence-electron chi connectivity index (χ3n) is 12.6. The molecule has 2 aromatic carbocycles. The largest absolute Gasteiger partial charge is 0.476 e. The van der Waals surface area contributed by atoms with E-state index in [1.54, 1.807) is 6.20 Å². The van der Waals surface area contributed by atoms with Crippen LogP contribution in [0.2, 0.25) is 0 Å². The third kappa shape index (κ3) is 7.00. The fourth-order valence-corrected chi connectivity index (χ4v) is 12.9. The van der Waals surface area contributed by atoms with Crippen LogP contribution in [0.5, 0.6) is 0 Å². The number of hydrogen-bond donors (Lipinski definition) is 2. The summed E-state index contributed by atoms with van der Waals surface area (Å²) in [5.41, 5.74) is 4.56. The minimum atomic E-state index is -2.97. The number of nitrogens with one attached hydrogen (secondary N) is 1. The molecule has 2 unspecified atom stereocenters. The number of anilines is 2. The van der Waals surface area contributed by atoms with E-state index >= 15 is 0 Å². The lowest BCUT2D eigenvalue weighted by Gasteiger charge is -2.60. The average Bonchev–Trinajstić information content (AvgIpc) is 3.79. The van der Waals surface area contributed by atoms with Gasteiger partial charge in [-0.1, -0.05) is 49.4 Å². The number of amides is 1. The van der Waals surface area contributed by atoms with Crippen LogP contribution in [0.3, 0.4) is 0 Å². The number of carboxylic acid groups (broad SMARTS) is 1. The van der Waals surface area contributed by atoms with Gasteiger partial charge in [-0.05, 0) is 97.2 Å². The fraction of sp³-hybridized carbons (Fsp3) is 0.452. The van der Waals surface area contributed by atoms with Gasteiger partial charge in [-0.2, -0.15) is 5.10 Å². The summed E-state index contributed by atoms with van der Waals surface area (Å²) in [6.45, 7) is 7.66. The number of benzene rings is 2. The molecule has 2 saturated carbocycles. The van der Waals surface area contributed by atoms with Gasteiger partial charge in [0.15, 0.2) is 20.7 Å². The first-order valence-corrected chi connectivity index (χ1v) is 22.3. The maximum absolute atomic E-state index is 13.6. The van der Waals surface area contributed by atoms with Crippen molar-refractivity contribution in [3.63, 3.8) is 0 Å². The summed E-state index contributed by atoms with van der Waals surface area (Å²) >= 11 is 1.43. The SMILES string of the molecule is CC1CC2(Cn3cc(-c4ccc(N5CCc6cccc(C(=O)Nc7nc8ccccc8s7)c6C5)nc4C(=O)O)cn3)CC(C)CC(N3CCS(=O)(=O)CC3)(C1)C2. The van der Waals surface area contributed by atoms with Crippen molar-refractivity contribution in [3.05, 3.63) is 89.4 Å². The van der Waals surface area contributed by atoms with Gasteiger partial charge in [-0.15, -0.1) is 0 Å². The molecule has 14 heteroatoms. The molecular weight excluding hydrogens is 747 g/mol. The van der Waals surface area contributed by atoms with Gasteiger partial charge in [0.1, 0.15) is 5.82 Å². The van der Waals surface area contributed by atoms with Crippen molar-refractivity contribution in [1.82, 2.24) is 24.6 Å². The number of nitrogens with zero attached hydrogens (tertiary/aromatic N) is 6. The Kier molecular flexibility index (Phi) is 9.28. The molecule has 12 nitrogen and oxygen atoms in total. The summed E-state index contributed by atoms with van der Waals surface area (Å²) < 4.78 is 27.6. The van der Waals surface area contributed by atoms with Crippen molar-refractivity contribution >= 4 is 54.2 Å². The zero-order valence-corrected chi connectivity index (χ0v) is 33.4. The van der Waals surface area contributed by atoms with Crippen LogP contribution in [0.4, 0.5) is 10.9 Å². The Labute approximate surface area is 330 Å². The molecule has 2 aliphatic heterocycles. The topological polar surface area (TPSA) is 151 Å². The maximum Gasteiger partial charge on any atom is 0.355 e. The minimum Gasteiger partial charge on any atom is -0.476 e. The Morgan fingerprint density at radius 2 is 1.71 bits per heavy atom. The van der Waals surface area contributed by atoms with E-state index in [4.69, 9.17) is 10.1 Å². The number of sulfone groups is 1. The highest BCUT2D eigenvalue weighted by atomic mass is 32.2. The van der Waals surface area contributed by atoms with E-state index in [0.717, 1.165) is 60.0 Å². The molecule has 2 bridgehead atoms. The second-order valence-corrected chi connectivity index (χ2v) is 20.3. The number of aromatic carboxylic acids is 1. The molecule has 3 aromatic heterocycles. The number of carbonyl (C=O) groups is 2. The number of carbonyl (C=O) groups excluding carboxylic acids is 1.